The van der Waals surface area contributed by atoms with E-state index in [0.717, 1.165) is 26.1 Å². The van der Waals surface area contributed by atoms with Crippen LogP contribution in [0.2, 0.25) is 0 Å². The Labute approximate surface area is 98.6 Å². The zero-order valence-corrected chi connectivity index (χ0v) is 11.0. The second-order valence-electron chi connectivity index (χ2n) is 5.92. The number of hydrogen-bond donors (Lipinski definition) is 2. The molecule has 1 aliphatic heterocycles. The van der Waals surface area contributed by atoms with E-state index in [2.05, 4.69) is 24.1 Å². The third kappa shape index (κ3) is 2.95. The SMILES string of the molecule is CC(C)(CN)CCN1CCNC(=O)C1(C)C. The van der Waals surface area contributed by atoms with Crippen molar-refractivity contribution in [2.24, 2.45) is 11.1 Å². The van der Waals surface area contributed by atoms with Crippen LogP contribution in [0.1, 0.15) is 34.1 Å². The number of amides is 1. The molecule has 4 heteroatoms. The van der Waals surface area contributed by atoms with Gasteiger partial charge in [0.2, 0.25) is 5.91 Å². The van der Waals surface area contributed by atoms with Crippen LogP contribution in [0.15, 0.2) is 0 Å². The van der Waals surface area contributed by atoms with E-state index in [4.69, 9.17) is 5.73 Å². The van der Waals surface area contributed by atoms with E-state index < -0.39 is 0 Å². The van der Waals surface area contributed by atoms with Gasteiger partial charge in [0, 0.05) is 13.1 Å². The Bertz CT molecular complexity index is 261. The fourth-order valence-corrected chi connectivity index (χ4v) is 1.87. The summed E-state index contributed by atoms with van der Waals surface area (Å²) in [6.07, 6.45) is 1.03. The van der Waals surface area contributed by atoms with E-state index in [1.807, 2.05) is 13.8 Å². The molecule has 1 heterocycles. The van der Waals surface area contributed by atoms with Crippen molar-refractivity contribution >= 4 is 5.91 Å². The normalized spacial score (nSPS) is 21.9. The zero-order chi connectivity index (χ0) is 12.4. The third-order valence-electron chi connectivity index (χ3n) is 3.62. The zero-order valence-electron chi connectivity index (χ0n) is 11.0. The molecule has 1 amide bonds. The first-order chi connectivity index (χ1) is 7.29. The summed E-state index contributed by atoms with van der Waals surface area (Å²) < 4.78 is 0. The van der Waals surface area contributed by atoms with Gasteiger partial charge < -0.3 is 11.1 Å². The van der Waals surface area contributed by atoms with Gasteiger partial charge in [-0.25, -0.2) is 0 Å². The van der Waals surface area contributed by atoms with Gasteiger partial charge in [-0.05, 0) is 38.8 Å². The van der Waals surface area contributed by atoms with Crippen LogP contribution in [0.5, 0.6) is 0 Å². The quantitative estimate of drug-likeness (QED) is 0.738. The lowest BCUT2D eigenvalue weighted by molar-refractivity contribution is -0.135. The second-order valence-corrected chi connectivity index (χ2v) is 5.92. The summed E-state index contributed by atoms with van der Waals surface area (Å²) >= 11 is 0. The van der Waals surface area contributed by atoms with Crippen LogP contribution in [0.25, 0.3) is 0 Å². The van der Waals surface area contributed by atoms with E-state index in [-0.39, 0.29) is 16.9 Å². The van der Waals surface area contributed by atoms with Crippen molar-refractivity contribution in [2.45, 2.75) is 39.7 Å². The Morgan fingerprint density at radius 3 is 2.69 bits per heavy atom. The number of piperazine rings is 1. The summed E-state index contributed by atoms with van der Waals surface area (Å²) in [5.74, 6) is 0.129. The van der Waals surface area contributed by atoms with Gasteiger partial charge in [0.15, 0.2) is 0 Å². The van der Waals surface area contributed by atoms with Crippen molar-refractivity contribution in [3.05, 3.63) is 0 Å². The summed E-state index contributed by atoms with van der Waals surface area (Å²) in [7, 11) is 0. The average molecular weight is 227 g/mol. The lowest BCUT2D eigenvalue weighted by Crippen LogP contribution is -2.62. The first kappa shape index (κ1) is 13.5. The van der Waals surface area contributed by atoms with Crippen LogP contribution < -0.4 is 11.1 Å². The standard InChI is InChI=1S/C12H25N3O/c1-11(2,9-13)5-7-15-8-6-14-10(16)12(15,3)4/h5-9,13H2,1-4H3,(H,14,16). The monoisotopic (exact) mass is 227 g/mol. The maximum Gasteiger partial charge on any atom is 0.239 e. The highest BCUT2D eigenvalue weighted by Crippen LogP contribution is 2.23. The smallest absolute Gasteiger partial charge is 0.239 e. The molecule has 0 saturated carbocycles. The Balaban J connectivity index is 2.56. The van der Waals surface area contributed by atoms with Crippen LogP contribution in [-0.4, -0.2) is 42.5 Å². The van der Waals surface area contributed by atoms with Crippen LogP contribution in [0, 0.1) is 5.41 Å². The Morgan fingerprint density at radius 1 is 1.50 bits per heavy atom. The molecule has 16 heavy (non-hydrogen) atoms. The van der Waals surface area contributed by atoms with Crippen molar-refractivity contribution in [3.8, 4) is 0 Å². The van der Waals surface area contributed by atoms with Crippen molar-refractivity contribution in [2.75, 3.05) is 26.2 Å². The molecule has 0 bridgehead atoms. The van der Waals surface area contributed by atoms with Gasteiger partial charge in [-0.1, -0.05) is 13.8 Å². The molecule has 0 atom stereocenters. The first-order valence-electron chi connectivity index (χ1n) is 6.03. The van der Waals surface area contributed by atoms with Crippen molar-refractivity contribution in [3.63, 3.8) is 0 Å². The van der Waals surface area contributed by atoms with Gasteiger partial charge >= 0.3 is 0 Å². The second kappa shape index (κ2) is 4.72. The van der Waals surface area contributed by atoms with Crippen LogP contribution in [0.4, 0.5) is 0 Å². The number of carbonyl (C=O) groups is 1. The van der Waals surface area contributed by atoms with Gasteiger partial charge in [0.1, 0.15) is 0 Å². The van der Waals surface area contributed by atoms with Crippen LogP contribution in [0.3, 0.4) is 0 Å². The molecule has 94 valence electrons. The largest absolute Gasteiger partial charge is 0.353 e. The summed E-state index contributed by atoms with van der Waals surface area (Å²) in [6, 6.07) is 0. The highest BCUT2D eigenvalue weighted by Gasteiger charge is 2.37. The predicted octanol–water partition coefficient (Wildman–Crippen LogP) is 0.572. The Kier molecular flexibility index (Phi) is 3.97. The summed E-state index contributed by atoms with van der Waals surface area (Å²) in [4.78, 5) is 14.0. The van der Waals surface area contributed by atoms with Gasteiger partial charge in [-0.2, -0.15) is 0 Å². The number of rotatable bonds is 4. The van der Waals surface area contributed by atoms with E-state index in [1.165, 1.54) is 0 Å². The molecule has 0 unspecified atom stereocenters. The summed E-state index contributed by atoms with van der Waals surface area (Å²) in [6.45, 7) is 11.6. The molecule has 1 saturated heterocycles. The summed E-state index contributed by atoms with van der Waals surface area (Å²) in [5, 5.41) is 2.91. The fraction of sp³-hybridized carbons (Fsp3) is 0.917. The number of nitrogens with zero attached hydrogens (tertiary/aromatic N) is 1. The number of nitrogens with two attached hydrogens (primary N) is 1. The lowest BCUT2D eigenvalue weighted by atomic mass is 9.88. The highest BCUT2D eigenvalue weighted by atomic mass is 16.2. The third-order valence-corrected chi connectivity index (χ3v) is 3.62. The number of hydrogen-bond acceptors (Lipinski definition) is 3. The minimum absolute atomic E-state index is 0.129. The lowest BCUT2D eigenvalue weighted by Gasteiger charge is -2.42. The first-order valence-corrected chi connectivity index (χ1v) is 6.03. The molecule has 0 radical (unpaired) electrons. The summed E-state index contributed by atoms with van der Waals surface area (Å²) in [5.41, 5.74) is 5.49. The molecule has 1 aliphatic rings. The van der Waals surface area contributed by atoms with E-state index in [1.54, 1.807) is 0 Å². The van der Waals surface area contributed by atoms with E-state index in [0.29, 0.717) is 6.54 Å². The van der Waals surface area contributed by atoms with Gasteiger partial charge in [0.05, 0.1) is 5.54 Å². The molecule has 1 rings (SSSR count). The minimum atomic E-state index is -0.386. The van der Waals surface area contributed by atoms with E-state index >= 15 is 0 Å². The molecular formula is C12H25N3O. The topological polar surface area (TPSA) is 58.4 Å². The van der Waals surface area contributed by atoms with Crippen molar-refractivity contribution in [1.82, 2.24) is 10.2 Å². The predicted molar refractivity (Wildman–Crippen MR) is 66.1 cm³/mol. The average Bonchev–Trinajstić information content (AvgIpc) is 2.20. The fourth-order valence-electron chi connectivity index (χ4n) is 1.87. The molecule has 0 aliphatic carbocycles. The van der Waals surface area contributed by atoms with Crippen LogP contribution in [-0.2, 0) is 4.79 Å². The molecule has 3 N–H and O–H groups in total. The molecular weight excluding hydrogens is 202 g/mol. The molecule has 4 nitrogen and oxygen atoms in total. The van der Waals surface area contributed by atoms with E-state index in [9.17, 15) is 4.79 Å². The molecule has 0 aromatic carbocycles. The molecule has 0 aromatic heterocycles. The Hall–Kier alpha value is -0.610. The molecule has 0 aromatic rings. The van der Waals surface area contributed by atoms with Gasteiger partial charge in [-0.15, -0.1) is 0 Å². The maximum atomic E-state index is 11.7. The molecule has 0 spiro atoms. The Morgan fingerprint density at radius 2 is 2.12 bits per heavy atom. The highest BCUT2D eigenvalue weighted by molar-refractivity contribution is 5.86. The van der Waals surface area contributed by atoms with Crippen LogP contribution >= 0.6 is 0 Å². The number of carbonyl (C=O) groups excluding carboxylic acids is 1. The van der Waals surface area contributed by atoms with Crippen molar-refractivity contribution in [1.29, 1.82) is 0 Å². The molecule has 1 fully saturated rings. The minimum Gasteiger partial charge on any atom is -0.353 e. The van der Waals surface area contributed by atoms with Gasteiger partial charge in [0.25, 0.3) is 0 Å². The van der Waals surface area contributed by atoms with Crippen molar-refractivity contribution < 1.29 is 4.79 Å². The number of nitrogens with one attached hydrogen (secondary N) is 1. The van der Waals surface area contributed by atoms with Gasteiger partial charge in [-0.3, -0.25) is 9.69 Å². The maximum absolute atomic E-state index is 11.7.